The fraction of sp³-hybridized carbons (Fsp3) is 0.237. The topological polar surface area (TPSA) is 220 Å². The van der Waals surface area contributed by atoms with Crippen molar-refractivity contribution in [2.24, 2.45) is 5.73 Å². The Labute approximate surface area is 294 Å². The molecule has 4 aromatic rings. The van der Waals surface area contributed by atoms with Crippen LogP contribution in [0.15, 0.2) is 109 Å². The molecule has 0 aliphatic carbocycles. The fourth-order valence-electron chi connectivity index (χ4n) is 5.25. The van der Waals surface area contributed by atoms with E-state index in [1.165, 1.54) is 24.3 Å². The number of carbonyl (C=O) groups excluding carboxylic acids is 4. The second-order valence-electron chi connectivity index (χ2n) is 12.0. The van der Waals surface area contributed by atoms with Crippen molar-refractivity contribution in [2.45, 2.75) is 49.9 Å². The number of phenolic OH excluding ortho intramolecular Hbond substituents is 2. The van der Waals surface area contributed by atoms with Gasteiger partial charge in [0, 0.05) is 19.3 Å². The molecule has 0 aromatic heterocycles. The van der Waals surface area contributed by atoms with E-state index in [-0.39, 0.29) is 37.2 Å². The van der Waals surface area contributed by atoms with Crippen LogP contribution >= 0.6 is 0 Å². The van der Waals surface area contributed by atoms with Gasteiger partial charge < -0.3 is 42.3 Å². The van der Waals surface area contributed by atoms with E-state index >= 15 is 0 Å². The summed E-state index contributed by atoms with van der Waals surface area (Å²) in [4.78, 5) is 65.3. The molecule has 0 aliphatic rings. The standard InChI is InChI=1S/C38H41N5O8/c39-30(19-26-11-15-28(44)16-12-26)35(47)40-23-34(46)41-31(21-27-13-17-29(45)18-14-27)36(48)42-32(20-24-7-3-1-4-8-24)37(49)43-33(38(50)51)22-25-9-5-2-6-10-25/h1-18,30-33,44-45H,19-23,39H2,(H,40,47)(H,41,46)(H,42,48)(H,43,49)(H,50,51). The SMILES string of the molecule is NC(Cc1ccc(O)cc1)C(=O)NCC(=O)NC(Cc1ccc(O)cc1)C(=O)NC(Cc1ccccc1)C(=O)NC(Cc1ccccc1)C(=O)O. The molecule has 4 unspecified atom stereocenters. The molecule has 0 radical (unpaired) electrons. The van der Waals surface area contributed by atoms with Gasteiger partial charge in [0.15, 0.2) is 0 Å². The summed E-state index contributed by atoms with van der Waals surface area (Å²) in [5.41, 5.74) is 8.68. The van der Waals surface area contributed by atoms with Crippen molar-refractivity contribution in [3.8, 4) is 11.5 Å². The van der Waals surface area contributed by atoms with Gasteiger partial charge in [-0.05, 0) is 52.9 Å². The number of aromatic hydroxyl groups is 2. The maximum absolute atomic E-state index is 13.8. The summed E-state index contributed by atoms with van der Waals surface area (Å²) < 4.78 is 0. The molecule has 13 nitrogen and oxygen atoms in total. The van der Waals surface area contributed by atoms with Crippen molar-refractivity contribution >= 4 is 29.6 Å². The summed E-state index contributed by atoms with van der Waals surface area (Å²) in [6.07, 6.45) is 0.138. The summed E-state index contributed by atoms with van der Waals surface area (Å²) in [7, 11) is 0. The van der Waals surface area contributed by atoms with Crippen LogP contribution in [0.25, 0.3) is 0 Å². The first-order chi connectivity index (χ1) is 24.5. The highest BCUT2D eigenvalue weighted by Gasteiger charge is 2.30. The van der Waals surface area contributed by atoms with Crippen molar-refractivity contribution in [1.82, 2.24) is 21.3 Å². The maximum atomic E-state index is 13.8. The molecule has 13 heteroatoms. The first kappa shape index (κ1) is 37.6. The Kier molecular flexibility index (Phi) is 13.7. The molecule has 0 heterocycles. The van der Waals surface area contributed by atoms with Gasteiger partial charge >= 0.3 is 5.97 Å². The number of nitrogens with one attached hydrogen (secondary N) is 4. The number of aliphatic carboxylic acids is 1. The van der Waals surface area contributed by atoms with E-state index in [4.69, 9.17) is 5.73 Å². The lowest BCUT2D eigenvalue weighted by molar-refractivity contribution is -0.142. The zero-order valence-corrected chi connectivity index (χ0v) is 27.7. The minimum absolute atomic E-state index is 0.00164. The lowest BCUT2D eigenvalue weighted by Crippen LogP contribution is -2.58. The molecule has 4 amide bonds. The number of phenols is 2. The molecule has 0 fully saturated rings. The summed E-state index contributed by atoms with van der Waals surface area (Å²) in [6.45, 7) is -0.505. The molecule has 4 aromatic carbocycles. The number of nitrogens with two attached hydrogens (primary N) is 1. The number of benzene rings is 4. The highest BCUT2D eigenvalue weighted by Crippen LogP contribution is 2.13. The third-order valence-corrected chi connectivity index (χ3v) is 7.99. The number of amides is 4. The summed E-state index contributed by atoms with van der Waals surface area (Å²) in [6, 6.07) is 25.1. The summed E-state index contributed by atoms with van der Waals surface area (Å²) in [5, 5.41) is 39.4. The van der Waals surface area contributed by atoms with Gasteiger partial charge in [0.1, 0.15) is 29.6 Å². The van der Waals surface area contributed by atoms with Crippen molar-refractivity contribution < 1.29 is 39.3 Å². The van der Waals surface area contributed by atoms with Crippen LogP contribution in [0.3, 0.4) is 0 Å². The van der Waals surface area contributed by atoms with Gasteiger partial charge in [0.25, 0.3) is 0 Å². The molecule has 0 saturated heterocycles. The fourth-order valence-corrected chi connectivity index (χ4v) is 5.25. The zero-order chi connectivity index (χ0) is 36.8. The quantitative estimate of drug-likeness (QED) is 0.0798. The van der Waals surface area contributed by atoms with Gasteiger partial charge in [0.2, 0.25) is 23.6 Å². The highest BCUT2D eigenvalue weighted by atomic mass is 16.4. The predicted molar refractivity (Wildman–Crippen MR) is 188 cm³/mol. The number of carboxylic acids is 1. The molecule has 266 valence electrons. The van der Waals surface area contributed by atoms with Crippen LogP contribution in [0.2, 0.25) is 0 Å². The minimum Gasteiger partial charge on any atom is -0.508 e. The van der Waals surface area contributed by atoms with Crippen LogP contribution in [-0.2, 0) is 49.7 Å². The molecule has 51 heavy (non-hydrogen) atoms. The van der Waals surface area contributed by atoms with Crippen molar-refractivity contribution in [1.29, 1.82) is 0 Å². The average Bonchev–Trinajstić information content (AvgIpc) is 3.12. The van der Waals surface area contributed by atoms with E-state index < -0.39 is 60.3 Å². The predicted octanol–water partition coefficient (Wildman–Crippen LogP) is 1.35. The van der Waals surface area contributed by atoms with E-state index in [9.17, 15) is 39.3 Å². The lowest BCUT2D eigenvalue weighted by atomic mass is 10.0. The Balaban J connectivity index is 1.48. The molecule has 0 aliphatic heterocycles. The number of rotatable bonds is 17. The molecule has 0 spiro atoms. The molecule has 4 atom stereocenters. The smallest absolute Gasteiger partial charge is 0.326 e. The molecule has 9 N–H and O–H groups in total. The van der Waals surface area contributed by atoms with E-state index in [0.717, 1.165) is 0 Å². The Hall–Kier alpha value is -6.21. The number of carboxylic acid groups (broad SMARTS) is 1. The average molecular weight is 696 g/mol. The summed E-state index contributed by atoms with van der Waals surface area (Å²) in [5.74, 6) is -3.98. The van der Waals surface area contributed by atoms with E-state index in [0.29, 0.717) is 22.3 Å². The van der Waals surface area contributed by atoms with Crippen molar-refractivity contribution in [2.75, 3.05) is 6.54 Å². The summed E-state index contributed by atoms with van der Waals surface area (Å²) >= 11 is 0. The van der Waals surface area contributed by atoms with Gasteiger partial charge in [-0.25, -0.2) is 4.79 Å². The molecule has 4 rings (SSSR count). The first-order valence-electron chi connectivity index (χ1n) is 16.3. The van der Waals surface area contributed by atoms with Gasteiger partial charge in [-0.2, -0.15) is 0 Å². The first-order valence-corrected chi connectivity index (χ1v) is 16.3. The van der Waals surface area contributed by atoms with Crippen LogP contribution in [0, 0.1) is 0 Å². The normalized spacial score (nSPS) is 13.1. The van der Waals surface area contributed by atoms with Crippen LogP contribution in [0.4, 0.5) is 0 Å². The van der Waals surface area contributed by atoms with E-state index in [1.54, 1.807) is 84.9 Å². The molecular weight excluding hydrogens is 654 g/mol. The van der Waals surface area contributed by atoms with E-state index in [2.05, 4.69) is 21.3 Å². The second kappa shape index (κ2) is 18.5. The van der Waals surface area contributed by atoms with Gasteiger partial charge in [-0.15, -0.1) is 0 Å². The van der Waals surface area contributed by atoms with E-state index in [1.807, 2.05) is 0 Å². The highest BCUT2D eigenvalue weighted by molar-refractivity contribution is 5.94. The monoisotopic (exact) mass is 695 g/mol. The Bertz CT molecular complexity index is 1770. The largest absolute Gasteiger partial charge is 0.508 e. The van der Waals surface area contributed by atoms with Crippen LogP contribution < -0.4 is 27.0 Å². The Morgan fingerprint density at radius 2 is 0.902 bits per heavy atom. The third-order valence-electron chi connectivity index (χ3n) is 7.99. The minimum atomic E-state index is -1.29. The number of hydrogen-bond donors (Lipinski definition) is 8. The molecule has 0 bridgehead atoms. The van der Waals surface area contributed by atoms with Gasteiger partial charge in [0.05, 0.1) is 12.6 Å². The third kappa shape index (κ3) is 12.3. The second-order valence-corrected chi connectivity index (χ2v) is 12.0. The van der Waals surface area contributed by atoms with Gasteiger partial charge in [-0.1, -0.05) is 84.9 Å². The van der Waals surface area contributed by atoms with Crippen molar-refractivity contribution in [3.05, 3.63) is 131 Å². The van der Waals surface area contributed by atoms with Crippen LogP contribution in [0.1, 0.15) is 22.3 Å². The molecular formula is C38H41N5O8. The number of hydrogen-bond acceptors (Lipinski definition) is 8. The lowest BCUT2D eigenvalue weighted by Gasteiger charge is -2.25. The van der Waals surface area contributed by atoms with Crippen LogP contribution in [0.5, 0.6) is 11.5 Å². The van der Waals surface area contributed by atoms with Gasteiger partial charge in [-0.3, -0.25) is 19.2 Å². The Morgan fingerprint density at radius 1 is 0.510 bits per heavy atom. The van der Waals surface area contributed by atoms with Crippen molar-refractivity contribution in [3.63, 3.8) is 0 Å². The molecule has 0 saturated carbocycles. The van der Waals surface area contributed by atoms with Crippen LogP contribution in [-0.4, -0.2) is 75.6 Å². The number of carbonyl (C=O) groups is 5. The zero-order valence-electron chi connectivity index (χ0n) is 27.7. The maximum Gasteiger partial charge on any atom is 0.326 e. The Morgan fingerprint density at radius 3 is 1.37 bits per heavy atom.